The Kier molecular flexibility index (Phi) is 8.13. The van der Waals surface area contributed by atoms with Gasteiger partial charge in [-0.15, -0.1) is 10.2 Å². The minimum Gasteiger partial charge on any atom is -0.494 e. The Labute approximate surface area is 190 Å². The van der Waals surface area contributed by atoms with Crippen LogP contribution in [0.5, 0.6) is 5.75 Å². The summed E-state index contributed by atoms with van der Waals surface area (Å²) in [6.07, 6.45) is 4.02. The molecule has 0 aliphatic heterocycles. The van der Waals surface area contributed by atoms with Gasteiger partial charge in [-0.2, -0.15) is 0 Å². The molecule has 1 aromatic carbocycles. The lowest BCUT2D eigenvalue weighted by Gasteiger charge is -2.12. The van der Waals surface area contributed by atoms with Gasteiger partial charge in [0.15, 0.2) is 28.9 Å². The molecule has 0 saturated heterocycles. The highest BCUT2D eigenvalue weighted by Crippen LogP contribution is 2.36. The van der Waals surface area contributed by atoms with Crippen molar-refractivity contribution in [2.24, 2.45) is 10.2 Å². The van der Waals surface area contributed by atoms with Gasteiger partial charge in [0, 0.05) is 43.8 Å². The van der Waals surface area contributed by atoms with Crippen LogP contribution in [0.2, 0.25) is 0 Å². The first-order valence-electron chi connectivity index (χ1n) is 10.2. The van der Waals surface area contributed by atoms with Crippen molar-refractivity contribution in [3.63, 3.8) is 0 Å². The molecule has 3 aromatic rings. The highest BCUT2D eigenvalue weighted by molar-refractivity contribution is 5.75. The van der Waals surface area contributed by atoms with Crippen LogP contribution in [0.4, 0.5) is 28.7 Å². The molecule has 33 heavy (non-hydrogen) atoms. The quantitative estimate of drug-likeness (QED) is 0.187. The predicted molar refractivity (Wildman–Crippen MR) is 123 cm³/mol. The number of nitro groups is 1. The number of anilines is 2. The molecule has 0 radical (unpaired) electrons. The van der Waals surface area contributed by atoms with E-state index in [1.165, 1.54) is 25.3 Å². The second kappa shape index (κ2) is 11.4. The Hall–Kier alpha value is -4.19. The lowest BCUT2D eigenvalue weighted by Crippen LogP contribution is -2.09. The molecule has 0 fully saturated rings. The van der Waals surface area contributed by atoms with Gasteiger partial charge < -0.3 is 20.5 Å². The van der Waals surface area contributed by atoms with Crippen molar-refractivity contribution in [2.45, 2.75) is 13.3 Å². The van der Waals surface area contributed by atoms with E-state index in [2.05, 4.69) is 30.5 Å². The zero-order chi connectivity index (χ0) is 23.6. The van der Waals surface area contributed by atoms with Crippen LogP contribution in [0.3, 0.4) is 0 Å². The molecule has 0 atom stereocenters. The fourth-order valence-corrected chi connectivity index (χ4v) is 2.82. The smallest absolute Gasteiger partial charge is 0.273 e. The molecule has 2 heterocycles. The van der Waals surface area contributed by atoms with Crippen LogP contribution in [0.25, 0.3) is 11.4 Å². The number of pyridine rings is 1. The van der Waals surface area contributed by atoms with Crippen LogP contribution in [-0.4, -0.2) is 46.7 Å². The highest BCUT2D eigenvalue weighted by atomic mass is 16.6. The number of nitrogens with one attached hydrogen (secondary N) is 1. The van der Waals surface area contributed by atoms with Gasteiger partial charge in [0.05, 0.1) is 18.1 Å². The molecule has 172 valence electrons. The zero-order valence-electron chi connectivity index (χ0n) is 18.3. The van der Waals surface area contributed by atoms with Crippen LogP contribution in [0, 0.1) is 10.1 Å². The van der Waals surface area contributed by atoms with E-state index in [0.29, 0.717) is 37.1 Å². The summed E-state index contributed by atoms with van der Waals surface area (Å²) in [5, 5.41) is 22.6. The van der Waals surface area contributed by atoms with Gasteiger partial charge in [0.2, 0.25) is 0 Å². The molecular weight excluding hydrogens is 428 g/mol. The molecule has 0 saturated carbocycles. The number of nitrogen functional groups attached to an aromatic ring is 1. The van der Waals surface area contributed by atoms with Crippen LogP contribution in [0.1, 0.15) is 13.3 Å². The number of non-ortho nitro benzene ring substituents is 1. The topological polar surface area (TPSA) is 163 Å². The molecule has 2 aromatic heterocycles. The van der Waals surface area contributed by atoms with Gasteiger partial charge in [-0.3, -0.25) is 15.1 Å². The molecule has 0 spiro atoms. The molecular formula is C21H24N8O4. The summed E-state index contributed by atoms with van der Waals surface area (Å²) in [6, 6.07) is 7.58. The maximum Gasteiger partial charge on any atom is 0.273 e. The Morgan fingerprint density at radius 1 is 1.18 bits per heavy atom. The van der Waals surface area contributed by atoms with Crippen molar-refractivity contribution in [1.82, 2.24) is 15.0 Å². The molecule has 0 bridgehead atoms. The second-order valence-corrected chi connectivity index (χ2v) is 6.66. The number of ether oxygens (including phenoxy) is 2. The Balaban J connectivity index is 1.94. The summed E-state index contributed by atoms with van der Waals surface area (Å²) >= 11 is 0. The zero-order valence-corrected chi connectivity index (χ0v) is 18.3. The molecule has 12 nitrogen and oxygen atoms in total. The molecule has 0 aliphatic rings. The van der Waals surface area contributed by atoms with Crippen molar-refractivity contribution in [3.05, 3.63) is 52.8 Å². The Bertz CT molecular complexity index is 1120. The average Bonchev–Trinajstić information content (AvgIpc) is 2.83. The summed E-state index contributed by atoms with van der Waals surface area (Å²) in [4.78, 5) is 23.4. The fraction of sp³-hybridized carbons (Fsp3) is 0.286. The van der Waals surface area contributed by atoms with Crippen molar-refractivity contribution in [3.8, 4) is 17.1 Å². The summed E-state index contributed by atoms with van der Waals surface area (Å²) in [5.74, 6) is 1.13. The molecule has 0 amide bonds. The van der Waals surface area contributed by atoms with E-state index in [9.17, 15) is 10.1 Å². The number of benzene rings is 1. The van der Waals surface area contributed by atoms with Gasteiger partial charge in [0.25, 0.3) is 5.69 Å². The number of hydrogen-bond donors (Lipinski definition) is 2. The molecule has 0 aliphatic carbocycles. The first-order valence-corrected chi connectivity index (χ1v) is 10.2. The van der Waals surface area contributed by atoms with Gasteiger partial charge in [-0.25, -0.2) is 9.97 Å². The van der Waals surface area contributed by atoms with Crippen molar-refractivity contribution < 1.29 is 14.4 Å². The number of azo groups is 1. The number of hydrogen-bond acceptors (Lipinski definition) is 11. The number of aromatic nitrogens is 3. The summed E-state index contributed by atoms with van der Waals surface area (Å²) in [5.41, 5.74) is 7.37. The van der Waals surface area contributed by atoms with Crippen molar-refractivity contribution >= 4 is 28.7 Å². The largest absolute Gasteiger partial charge is 0.494 e. The monoisotopic (exact) mass is 452 g/mol. The molecule has 3 rings (SSSR count). The molecule has 0 unspecified atom stereocenters. The fourth-order valence-electron chi connectivity index (χ4n) is 2.82. The number of nitro benzene ring substituents is 1. The van der Waals surface area contributed by atoms with E-state index in [1.54, 1.807) is 24.5 Å². The maximum atomic E-state index is 11.0. The number of nitrogens with two attached hydrogens (primary N) is 1. The normalized spacial score (nSPS) is 11.0. The standard InChI is InChI=1S/C21H24N8O4/c1-3-33-12-4-9-24-21-18(19(22)25-20(26-21)14-7-10-23-11-8-14)28-27-16-6-5-15(29(30)31)13-17(16)32-2/h5-8,10-11,13H,3-4,9,12H2,1-2H3,(H3,22,24,25,26). The van der Waals surface area contributed by atoms with Gasteiger partial charge >= 0.3 is 0 Å². The minimum absolute atomic E-state index is 0.119. The lowest BCUT2D eigenvalue weighted by atomic mass is 10.2. The second-order valence-electron chi connectivity index (χ2n) is 6.66. The van der Waals surface area contributed by atoms with Crippen LogP contribution < -0.4 is 15.8 Å². The summed E-state index contributed by atoms with van der Waals surface area (Å²) in [6.45, 7) is 3.74. The van der Waals surface area contributed by atoms with Crippen molar-refractivity contribution in [2.75, 3.05) is 37.9 Å². The maximum absolute atomic E-state index is 11.0. The lowest BCUT2D eigenvalue weighted by molar-refractivity contribution is -0.384. The molecule has 3 N–H and O–H groups in total. The first kappa shape index (κ1) is 23.5. The Morgan fingerprint density at radius 2 is 1.97 bits per heavy atom. The van der Waals surface area contributed by atoms with E-state index in [-0.39, 0.29) is 22.9 Å². The summed E-state index contributed by atoms with van der Waals surface area (Å²) in [7, 11) is 1.39. The van der Waals surface area contributed by atoms with E-state index < -0.39 is 4.92 Å². The van der Waals surface area contributed by atoms with Gasteiger partial charge in [0.1, 0.15) is 5.69 Å². The predicted octanol–water partition coefficient (Wildman–Crippen LogP) is 4.29. The minimum atomic E-state index is -0.516. The third-order valence-corrected chi connectivity index (χ3v) is 4.44. The van der Waals surface area contributed by atoms with E-state index in [0.717, 1.165) is 12.0 Å². The Morgan fingerprint density at radius 3 is 2.67 bits per heavy atom. The summed E-state index contributed by atoms with van der Waals surface area (Å²) < 4.78 is 10.6. The van der Waals surface area contributed by atoms with Crippen LogP contribution in [0.15, 0.2) is 53.0 Å². The number of methoxy groups -OCH3 is 1. The number of rotatable bonds is 11. The average molecular weight is 452 g/mol. The van der Waals surface area contributed by atoms with E-state index in [1.807, 2.05) is 6.92 Å². The highest BCUT2D eigenvalue weighted by Gasteiger charge is 2.15. The number of nitrogens with zero attached hydrogens (tertiary/aromatic N) is 6. The van der Waals surface area contributed by atoms with Gasteiger partial charge in [-0.05, 0) is 31.5 Å². The molecule has 12 heteroatoms. The van der Waals surface area contributed by atoms with Gasteiger partial charge in [-0.1, -0.05) is 0 Å². The van der Waals surface area contributed by atoms with E-state index >= 15 is 0 Å². The first-order chi connectivity index (χ1) is 16.0. The third kappa shape index (κ3) is 6.17. The van der Waals surface area contributed by atoms with Crippen molar-refractivity contribution in [1.29, 1.82) is 0 Å². The SMILES string of the molecule is CCOCCCNc1nc(-c2ccncc2)nc(N)c1N=Nc1ccc([N+](=O)[O-])cc1OC. The third-order valence-electron chi connectivity index (χ3n) is 4.44. The van der Waals surface area contributed by atoms with Crippen LogP contribution >= 0.6 is 0 Å². The van der Waals surface area contributed by atoms with Crippen LogP contribution in [-0.2, 0) is 4.74 Å². The van der Waals surface area contributed by atoms with E-state index in [4.69, 9.17) is 15.2 Å².